The maximum absolute atomic E-state index is 13.9. The summed E-state index contributed by atoms with van der Waals surface area (Å²) in [6, 6.07) is 14.3. The summed E-state index contributed by atoms with van der Waals surface area (Å²) in [5.74, 6) is -1.60. The number of H-pyrrole nitrogens is 1. The van der Waals surface area contributed by atoms with E-state index in [1.165, 1.54) is 0 Å². The predicted molar refractivity (Wildman–Crippen MR) is 92.4 cm³/mol. The number of hydrogen-bond acceptors (Lipinski definition) is 1. The van der Waals surface area contributed by atoms with Gasteiger partial charge in [0.05, 0.1) is 16.4 Å². The summed E-state index contributed by atoms with van der Waals surface area (Å²) in [7, 11) is 0. The number of benzene rings is 3. The van der Waals surface area contributed by atoms with Gasteiger partial charge in [-0.1, -0.05) is 29.8 Å². The van der Waals surface area contributed by atoms with E-state index in [-0.39, 0.29) is 10.9 Å². The van der Waals surface area contributed by atoms with Crippen molar-refractivity contribution in [2.75, 3.05) is 0 Å². The third-order valence-electron chi connectivity index (χ3n) is 3.99. The number of hydrogen-bond donors (Lipinski definition) is 1. The van der Waals surface area contributed by atoms with E-state index in [9.17, 15) is 13.6 Å². The first-order chi connectivity index (χ1) is 11.5. The highest BCUT2D eigenvalue weighted by atomic mass is 35.5. The van der Waals surface area contributed by atoms with E-state index in [1.807, 2.05) is 12.1 Å². The molecular weight excluding hydrogens is 332 g/mol. The molecule has 118 valence electrons. The minimum absolute atomic E-state index is 0.136. The Bertz CT molecular complexity index is 1150. The Labute approximate surface area is 140 Å². The van der Waals surface area contributed by atoms with Crippen LogP contribution in [0.3, 0.4) is 0 Å². The maximum Gasteiger partial charge on any atom is 0.200 e. The molecule has 0 spiro atoms. The first kappa shape index (κ1) is 14.8. The van der Waals surface area contributed by atoms with Crippen molar-refractivity contribution in [3.8, 4) is 11.1 Å². The van der Waals surface area contributed by atoms with Crippen molar-refractivity contribution in [2.45, 2.75) is 0 Å². The lowest BCUT2D eigenvalue weighted by atomic mass is 10.0. The summed E-state index contributed by atoms with van der Waals surface area (Å²) >= 11 is 5.89. The van der Waals surface area contributed by atoms with Gasteiger partial charge in [-0.05, 0) is 41.5 Å². The van der Waals surface area contributed by atoms with Gasteiger partial charge in [0.15, 0.2) is 5.43 Å². The molecule has 0 saturated heterocycles. The second-order valence-corrected chi connectivity index (χ2v) is 5.97. The molecule has 0 atom stereocenters. The normalized spacial score (nSPS) is 11.3. The molecule has 3 aromatic carbocycles. The number of aromatic amines is 1. The standard InChI is InChI=1S/C19H10ClF2NO/c20-12-4-1-10(2-5-12)11-3-6-14-16(7-11)23-17-9-13(21)8-15(22)18(17)19(14)24/h1-9H,(H,23,24). The Kier molecular flexibility index (Phi) is 3.36. The van der Waals surface area contributed by atoms with Crippen LogP contribution < -0.4 is 5.43 Å². The number of nitrogens with one attached hydrogen (secondary N) is 1. The molecule has 0 fully saturated rings. The summed E-state index contributed by atoms with van der Waals surface area (Å²) in [6.45, 7) is 0. The van der Waals surface area contributed by atoms with Gasteiger partial charge in [0.25, 0.3) is 0 Å². The van der Waals surface area contributed by atoms with Crippen LogP contribution in [-0.2, 0) is 0 Å². The van der Waals surface area contributed by atoms with Gasteiger partial charge >= 0.3 is 0 Å². The summed E-state index contributed by atoms with van der Waals surface area (Å²) < 4.78 is 27.4. The van der Waals surface area contributed by atoms with E-state index in [1.54, 1.807) is 30.3 Å². The molecule has 0 amide bonds. The Morgan fingerprint density at radius 1 is 0.833 bits per heavy atom. The minimum Gasteiger partial charge on any atom is -0.354 e. The van der Waals surface area contributed by atoms with Gasteiger partial charge in [-0.3, -0.25) is 4.79 Å². The highest BCUT2D eigenvalue weighted by Crippen LogP contribution is 2.25. The van der Waals surface area contributed by atoms with Crippen LogP contribution in [0.5, 0.6) is 0 Å². The monoisotopic (exact) mass is 341 g/mol. The predicted octanol–water partition coefficient (Wildman–Crippen LogP) is 5.28. The van der Waals surface area contributed by atoms with Crippen LogP contribution in [0.4, 0.5) is 8.78 Å². The molecule has 0 saturated carbocycles. The zero-order valence-corrected chi connectivity index (χ0v) is 13.0. The fourth-order valence-corrected chi connectivity index (χ4v) is 2.98. The topological polar surface area (TPSA) is 32.9 Å². The Morgan fingerprint density at radius 2 is 1.54 bits per heavy atom. The molecule has 0 aliphatic heterocycles. The number of pyridine rings is 1. The number of fused-ring (bicyclic) bond motifs is 2. The van der Waals surface area contributed by atoms with Crippen LogP contribution >= 0.6 is 11.6 Å². The van der Waals surface area contributed by atoms with Crippen molar-refractivity contribution in [3.63, 3.8) is 0 Å². The van der Waals surface area contributed by atoms with Crippen molar-refractivity contribution in [1.82, 2.24) is 4.98 Å². The lowest BCUT2D eigenvalue weighted by Crippen LogP contribution is -2.06. The van der Waals surface area contributed by atoms with Gasteiger partial charge in [0.1, 0.15) is 11.6 Å². The average molecular weight is 342 g/mol. The second kappa shape index (κ2) is 5.42. The summed E-state index contributed by atoms with van der Waals surface area (Å²) in [6.07, 6.45) is 0. The van der Waals surface area contributed by atoms with E-state index in [0.29, 0.717) is 22.0 Å². The molecule has 0 aliphatic rings. The van der Waals surface area contributed by atoms with Crippen LogP contribution in [0, 0.1) is 11.6 Å². The van der Waals surface area contributed by atoms with Gasteiger partial charge < -0.3 is 4.98 Å². The van der Waals surface area contributed by atoms with Gasteiger partial charge in [-0.2, -0.15) is 0 Å². The number of rotatable bonds is 1. The third kappa shape index (κ3) is 2.36. The summed E-state index contributed by atoms with van der Waals surface area (Å²) in [5, 5.41) is 0.846. The number of aromatic nitrogens is 1. The van der Waals surface area contributed by atoms with E-state index < -0.39 is 17.1 Å². The van der Waals surface area contributed by atoms with Gasteiger partial charge in [-0.25, -0.2) is 8.78 Å². The highest BCUT2D eigenvalue weighted by Gasteiger charge is 2.12. The fourth-order valence-electron chi connectivity index (χ4n) is 2.85. The van der Waals surface area contributed by atoms with Gasteiger partial charge in [-0.15, -0.1) is 0 Å². The molecule has 1 N–H and O–H groups in total. The SMILES string of the molecule is O=c1c2ccc(-c3ccc(Cl)cc3)cc2[nH]c2cc(F)cc(F)c12. The first-order valence-corrected chi connectivity index (χ1v) is 7.61. The fraction of sp³-hybridized carbons (Fsp3) is 0. The summed E-state index contributed by atoms with van der Waals surface area (Å²) in [5.41, 5.74) is 1.99. The van der Waals surface area contributed by atoms with Crippen LogP contribution in [0.2, 0.25) is 5.02 Å². The zero-order chi connectivity index (χ0) is 16.8. The quantitative estimate of drug-likeness (QED) is 0.469. The van der Waals surface area contributed by atoms with Crippen LogP contribution in [0.1, 0.15) is 0 Å². The molecule has 4 aromatic rings. The zero-order valence-electron chi connectivity index (χ0n) is 12.2. The Hall–Kier alpha value is -2.72. The van der Waals surface area contributed by atoms with Crippen molar-refractivity contribution >= 4 is 33.4 Å². The van der Waals surface area contributed by atoms with Crippen LogP contribution in [0.15, 0.2) is 59.4 Å². The lowest BCUT2D eigenvalue weighted by Gasteiger charge is -2.07. The van der Waals surface area contributed by atoms with Crippen molar-refractivity contribution in [1.29, 1.82) is 0 Å². The molecule has 4 rings (SSSR count). The van der Waals surface area contributed by atoms with E-state index in [2.05, 4.69) is 4.98 Å². The van der Waals surface area contributed by atoms with Crippen molar-refractivity contribution in [2.24, 2.45) is 0 Å². The van der Waals surface area contributed by atoms with E-state index >= 15 is 0 Å². The van der Waals surface area contributed by atoms with E-state index in [0.717, 1.165) is 17.2 Å². The molecule has 24 heavy (non-hydrogen) atoms. The molecule has 0 radical (unpaired) electrons. The summed E-state index contributed by atoms with van der Waals surface area (Å²) in [4.78, 5) is 15.5. The lowest BCUT2D eigenvalue weighted by molar-refractivity contribution is 0.591. The molecule has 0 aliphatic carbocycles. The highest BCUT2D eigenvalue weighted by molar-refractivity contribution is 6.30. The molecule has 1 aromatic heterocycles. The molecule has 0 bridgehead atoms. The van der Waals surface area contributed by atoms with Crippen LogP contribution in [-0.4, -0.2) is 4.98 Å². The second-order valence-electron chi connectivity index (χ2n) is 5.53. The molecule has 5 heteroatoms. The van der Waals surface area contributed by atoms with Gasteiger partial charge in [0, 0.05) is 16.5 Å². The van der Waals surface area contributed by atoms with Crippen molar-refractivity contribution in [3.05, 3.63) is 81.5 Å². The minimum atomic E-state index is -0.866. The maximum atomic E-state index is 13.9. The van der Waals surface area contributed by atoms with Crippen LogP contribution in [0.25, 0.3) is 32.9 Å². The molecule has 1 heterocycles. The smallest absolute Gasteiger partial charge is 0.200 e. The molecule has 0 unspecified atom stereocenters. The Balaban J connectivity index is 2.02. The first-order valence-electron chi connectivity index (χ1n) is 7.24. The van der Waals surface area contributed by atoms with Crippen molar-refractivity contribution < 1.29 is 8.78 Å². The van der Waals surface area contributed by atoms with E-state index in [4.69, 9.17) is 11.6 Å². The molecular formula is C19H10ClF2NO. The van der Waals surface area contributed by atoms with Gasteiger partial charge in [0.2, 0.25) is 0 Å². The Morgan fingerprint density at radius 3 is 2.29 bits per heavy atom. The molecule has 2 nitrogen and oxygen atoms in total. The average Bonchev–Trinajstić information content (AvgIpc) is 2.54. The third-order valence-corrected chi connectivity index (χ3v) is 4.25. The number of halogens is 3. The largest absolute Gasteiger partial charge is 0.354 e.